The van der Waals surface area contributed by atoms with E-state index in [0.717, 1.165) is 29.7 Å². The van der Waals surface area contributed by atoms with Gasteiger partial charge in [-0.2, -0.15) is 0 Å². The highest BCUT2D eigenvalue weighted by Crippen LogP contribution is 2.35. The number of ether oxygens (including phenoxy) is 1. The minimum atomic E-state index is -0.106. The van der Waals surface area contributed by atoms with Crippen molar-refractivity contribution in [2.24, 2.45) is 24.8 Å². The number of hydrogen-bond donors (Lipinski definition) is 0. The van der Waals surface area contributed by atoms with Gasteiger partial charge in [-0.3, -0.25) is 0 Å². The molecule has 1 aromatic heterocycles. The Balaban J connectivity index is 1.81. The molecule has 1 saturated carbocycles. The van der Waals surface area contributed by atoms with Crippen molar-refractivity contribution in [2.75, 3.05) is 0 Å². The Labute approximate surface area is 157 Å². The summed E-state index contributed by atoms with van der Waals surface area (Å²) in [5.74, 6) is 2.72. The lowest BCUT2D eigenvalue weighted by Crippen LogP contribution is -2.37. The van der Waals surface area contributed by atoms with E-state index in [1.54, 1.807) is 0 Å². The van der Waals surface area contributed by atoms with Gasteiger partial charge in [-0.25, -0.2) is 13.9 Å². The van der Waals surface area contributed by atoms with Gasteiger partial charge in [-0.05, 0) is 42.7 Å². The summed E-state index contributed by atoms with van der Waals surface area (Å²) in [5.41, 5.74) is 2.25. The lowest BCUT2D eigenvalue weighted by molar-refractivity contribution is -0.653. The fourth-order valence-electron chi connectivity index (χ4n) is 4.63. The predicted molar refractivity (Wildman–Crippen MR) is 104 cm³/mol. The lowest BCUT2D eigenvalue weighted by Gasteiger charge is -2.36. The number of aromatic nitrogens is 2. The molecule has 1 fully saturated rings. The largest absolute Gasteiger partial charge is 0.459 e. The molecule has 2 aromatic rings. The van der Waals surface area contributed by atoms with Crippen LogP contribution in [0, 0.1) is 17.8 Å². The fourth-order valence-corrected chi connectivity index (χ4v) is 4.63. The number of hydrogen-bond acceptors (Lipinski definition) is 2. The minimum Gasteiger partial charge on any atom is -0.459 e. The zero-order chi connectivity index (χ0) is 18.8. The highest BCUT2D eigenvalue weighted by atomic mass is 16.5. The standard InChI is InChI=1S/C22H33N2O2/c1-6-21-23(5)18-9-7-8-10-19(18)24(21)14-22(25)26-20-13-16(4)11-12-17(20)15(2)3/h7-10,15-17,20H,6,11-14H2,1-5H3/q+1/t16-,17-,20+/m1/s1. The molecule has 0 radical (unpaired) electrons. The monoisotopic (exact) mass is 357 g/mol. The van der Waals surface area contributed by atoms with Crippen LogP contribution >= 0.6 is 0 Å². The highest BCUT2D eigenvalue weighted by Gasteiger charge is 2.34. The van der Waals surface area contributed by atoms with Crippen LogP contribution in [0.25, 0.3) is 11.0 Å². The molecule has 0 saturated heterocycles. The summed E-state index contributed by atoms with van der Waals surface area (Å²) >= 11 is 0. The number of fused-ring (bicyclic) bond motifs is 1. The third kappa shape index (κ3) is 3.65. The molecule has 0 spiro atoms. The fraction of sp³-hybridized carbons (Fsp3) is 0.636. The first-order valence-corrected chi connectivity index (χ1v) is 10.1. The predicted octanol–water partition coefficient (Wildman–Crippen LogP) is 4.03. The number of carbonyl (C=O) groups is 1. The number of para-hydroxylation sites is 2. The topological polar surface area (TPSA) is 35.1 Å². The van der Waals surface area contributed by atoms with Crippen LogP contribution in [0.4, 0.5) is 0 Å². The molecule has 4 nitrogen and oxygen atoms in total. The molecule has 142 valence electrons. The van der Waals surface area contributed by atoms with Gasteiger partial charge in [0.15, 0.2) is 17.6 Å². The number of nitrogens with zero attached hydrogens (tertiary/aromatic N) is 2. The molecule has 3 rings (SSSR count). The van der Waals surface area contributed by atoms with Crippen molar-refractivity contribution in [3.63, 3.8) is 0 Å². The summed E-state index contributed by atoms with van der Waals surface area (Å²) in [6.07, 6.45) is 4.35. The third-order valence-corrected chi connectivity index (χ3v) is 6.08. The molecule has 26 heavy (non-hydrogen) atoms. The first kappa shape index (κ1) is 18.9. The normalized spacial score (nSPS) is 23.5. The van der Waals surface area contributed by atoms with Crippen molar-refractivity contribution in [2.45, 2.75) is 66.0 Å². The quantitative estimate of drug-likeness (QED) is 0.598. The first-order chi connectivity index (χ1) is 12.4. The highest BCUT2D eigenvalue weighted by molar-refractivity contribution is 5.76. The second kappa shape index (κ2) is 7.81. The van der Waals surface area contributed by atoms with Crippen LogP contribution in [0.1, 0.15) is 52.8 Å². The molecule has 0 unspecified atom stereocenters. The SMILES string of the molecule is CCc1n(CC(=O)O[C@H]2C[C@H](C)CC[C@@H]2C(C)C)c2ccccc2[n+]1C. The van der Waals surface area contributed by atoms with Gasteiger partial charge in [0, 0.05) is 6.42 Å². The molecule has 1 heterocycles. The summed E-state index contributed by atoms with van der Waals surface area (Å²) in [6, 6.07) is 8.26. The van der Waals surface area contributed by atoms with E-state index in [2.05, 4.69) is 56.0 Å². The molecule has 1 aliphatic carbocycles. The summed E-state index contributed by atoms with van der Waals surface area (Å²) in [6.45, 7) is 9.19. The van der Waals surface area contributed by atoms with Crippen LogP contribution in [0.5, 0.6) is 0 Å². The van der Waals surface area contributed by atoms with E-state index < -0.39 is 0 Å². The van der Waals surface area contributed by atoms with E-state index in [1.165, 1.54) is 12.8 Å². The van der Waals surface area contributed by atoms with Gasteiger partial charge in [0.2, 0.25) is 0 Å². The van der Waals surface area contributed by atoms with Gasteiger partial charge >= 0.3 is 5.97 Å². The number of benzene rings is 1. The summed E-state index contributed by atoms with van der Waals surface area (Å²) in [5, 5.41) is 0. The number of aryl methyl sites for hydroxylation is 1. The van der Waals surface area contributed by atoms with E-state index in [9.17, 15) is 4.79 Å². The van der Waals surface area contributed by atoms with Crippen LogP contribution in [-0.2, 0) is 29.5 Å². The maximum absolute atomic E-state index is 12.8. The number of esters is 1. The third-order valence-electron chi connectivity index (χ3n) is 6.08. The zero-order valence-electron chi connectivity index (χ0n) is 16.9. The van der Waals surface area contributed by atoms with E-state index in [0.29, 0.717) is 24.3 Å². The number of imidazole rings is 1. The average Bonchev–Trinajstić information content (AvgIpc) is 2.86. The van der Waals surface area contributed by atoms with Crippen molar-refractivity contribution in [1.29, 1.82) is 0 Å². The lowest BCUT2D eigenvalue weighted by atomic mass is 9.75. The summed E-state index contributed by atoms with van der Waals surface area (Å²) < 4.78 is 10.3. The van der Waals surface area contributed by atoms with E-state index in [1.807, 2.05) is 12.1 Å². The Hall–Kier alpha value is -1.84. The van der Waals surface area contributed by atoms with Gasteiger partial charge in [-0.1, -0.05) is 46.2 Å². The zero-order valence-corrected chi connectivity index (χ0v) is 16.9. The first-order valence-electron chi connectivity index (χ1n) is 10.1. The summed E-state index contributed by atoms with van der Waals surface area (Å²) in [4.78, 5) is 12.8. The Bertz CT molecular complexity index is 778. The van der Waals surface area contributed by atoms with Crippen LogP contribution in [0.2, 0.25) is 0 Å². The molecule has 1 aromatic carbocycles. The molecule has 0 aliphatic heterocycles. The number of carbonyl (C=O) groups excluding carboxylic acids is 1. The van der Waals surface area contributed by atoms with Gasteiger partial charge < -0.3 is 4.74 Å². The molecule has 0 bridgehead atoms. The van der Waals surface area contributed by atoms with Gasteiger partial charge in [0.05, 0.1) is 7.05 Å². The molecular formula is C22H33N2O2+. The van der Waals surface area contributed by atoms with Crippen molar-refractivity contribution in [1.82, 2.24) is 4.57 Å². The smallest absolute Gasteiger partial charge is 0.348 e. The molecule has 0 amide bonds. The van der Waals surface area contributed by atoms with E-state index >= 15 is 0 Å². The minimum absolute atomic E-state index is 0.0619. The molecule has 1 aliphatic rings. The van der Waals surface area contributed by atoms with Crippen LogP contribution < -0.4 is 4.57 Å². The van der Waals surface area contributed by atoms with Crippen molar-refractivity contribution in [3.05, 3.63) is 30.1 Å². The molecular weight excluding hydrogens is 324 g/mol. The Morgan fingerprint density at radius 2 is 2.04 bits per heavy atom. The van der Waals surface area contributed by atoms with Crippen molar-refractivity contribution >= 4 is 17.0 Å². The Morgan fingerprint density at radius 3 is 2.73 bits per heavy atom. The van der Waals surface area contributed by atoms with E-state index in [-0.39, 0.29) is 12.1 Å². The maximum Gasteiger partial charge on any atom is 0.348 e. The van der Waals surface area contributed by atoms with Gasteiger partial charge in [0.1, 0.15) is 6.10 Å². The van der Waals surface area contributed by atoms with Gasteiger partial charge in [0.25, 0.3) is 5.82 Å². The van der Waals surface area contributed by atoms with Crippen LogP contribution in [0.15, 0.2) is 24.3 Å². The summed E-state index contributed by atoms with van der Waals surface area (Å²) in [7, 11) is 2.07. The van der Waals surface area contributed by atoms with Crippen molar-refractivity contribution in [3.8, 4) is 0 Å². The van der Waals surface area contributed by atoms with E-state index in [4.69, 9.17) is 4.74 Å². The Morgan fingerprint density at radius 1 is 1.31 bits per heavy atom. The number of rotatable bonds is 5. The molecule has 0 N–H and O–H groups in total. The Kier molecular flexibility index (Phi) is 5.69. The van der Waals surface area contributed by atoms with Crippen molar-refractivity contribution < 1.29 is 14.1 Å². The average molecular weight is 358 g/mol. The van der Waals surface area contributed by atoms with Crippen LogP contribution in [0.3, 0.4) is 0 Å². The van der Waals surface area contributed by atoms with Crippen LogP contribution in [-0.4, -0.2) is 16.6 Å². The second-order valence-electron chi connectivity index (χ2n) is 8.26. The maximum atomic E-state index is 12.8. The molecule has 4 heteroatoms. The second-order valence-corrected chi connectivity index (χ2v) is 8.26. The molecule has 3 atom stereocenters. The van der Waals surface area contributed by atoms with Gasteiger partial charge in [-0.15, -0.1) is 0 Å².